The van der Waals surface area contributed by atoms with Gasteiger partial charge in [0.15, 0.2) is 0 Å². The number of nitrogen functional groups attached to an aromatic ring is 1. The molecule has 13 heavy (non-hydrogen) atoms. The third kappa shape index (κ3) is 2.77. The Labute approximate surface area is 89.4 Å². The van der Waals surface area contributed by atoms with E-state index in [4.69, 9.17) is 5.73 Å². The molecule has 1 rings (SSSR count). The molecule has 3 nitrogen and oxygen atoms in total. The largest absolute Gasteiger partial charge is 0.394 e. The fourth-order valence-corrected chi connectivity index (χ4v) is 1.83. The third-order valence-corrected chi connectivity index (χ3v) is 2.77. The summed E-state index contributed by atoms with van der Waals surface area (Å²) in [6.07, 6.45) is 5.47. The summed E-state index contributed by atoms with van der Waals surface area (Å²) < 4.78 is 2.44. The number of anilines is 1. The van der Waals surface area contributed by atoms with Crippen LogP contribution in [0.2, 0.25) is 0 Å². The molecule has 5 heteroatoms. The van der Waals surface area contributed by atoms with E-state index in [1.54, 1.807) is 24.2 Å². The molecule has 0 bridgehead atoms. The molecule has 72 valence electrons. The fourth-order valence-electron chi connectivity index (χ4n) is 0.942. The molecule has 0 aromatic carbocycles. The highest BCUT2D eigenvalue weighted by molar-refractivity contribution is 9.10. The van der Waals surface area contributed by atoms with Crippen LogP contribution in [0, 0.1) is 0 Å². The summed E-state index contributed by atoms with van der Waals surface area (Å²) in [6.45, 7) is 0.865. The van der Waals surface area contributed by atoms with Gasteiger partial charge in [-0.25, -0.2) is 0 Å². The number of nitrogens with two attached hydrogens (primary N) is 1. The zero-order valence-corrected chi connectivity index (χ0v) is 9.69. The number of hydrogen-bond acceptors (Lipinski definition) is 3. The number of rotatable bonds is 3. The van der Waals surface area contributed by atoms with E-state index in [0.717, 1.165) is 12.3 Å². The summed E-state index contributed by atoms with van der Waals surface area (Å²) in [5.41, 5.74) is 5.67. The van der Waals surface area contributed by atoms with Crippen LogP contribution in [0.15, 0.2) is 21.7 Å². The number of aromatic nitrogens is 1. The zero-order chi connectivity index (χ0) is 9.84. The number of aryl methyl sites for hydroxylation is 1. The van der Waals surface area contributed by atoms with Gasteiger partial charge in [-0.05, 0) is 22.2 Å². The molecule has 1 aromatic heterocycles. The molecular weight excluding hydrogens is 252 g/mol. The van der Waals surface area contributed by atoms with Gasteiger partial charge >= 0.3 is 0 Å². The molecule has 0 aliphatic heterocycles. The van der Waals surface area contributed by atoms with E-state index in [-0.39, 0.29) is 11.1 Å². The Morgan fingerprint density at radius 2 is 2.31 bits per heavy atom. The average Bonchev–Trinajstić information content (AvgIpc) is 2.10. The lowest BCUT2D eigenvalue weighted by molar-refractivity contribution is 0.762. The van der Waals surface area contributed by atoms with Gasteiger partial charge in [-0.15, -0.1) is 0 Å². The average molecular weight is 263 g/mol. The molecule has 0 saturated heterocycles. The van der Waals surface area contributed by atoms with Gasteiger partial charge in [0.05, 0.1) is 10.2 Å². The minimum Gasteiger partial charge on any atom is -0.394 e. The van der Waals surface area contributed by atoms with Gasteiger partial charge in [-0.2, -0.15) is 11.8 Å². The maximum atomic E-state index is 11.2. The van der Waals surface area contributed by atoms with E-state index in [9.17, 15) is 4.79 Å². The first kappa shape index (κ1) is 10.7. The van der Waals surface area contributed by atoms with Crippen molar-refractivity contribution >= 4 is 33.4 Å². The molecule has 0 aliphatic rings. The molecule has 0 radical (unpaired) electrons. The van der Waals surface area contributed by atoms with Crippen molar-refractivity contribution in [1.82, 2.24) is 4.57 Å². The normalized spacial score (nSPS) is 10.3. The molecule has 0 amide bonds. The molecule has 1 heterocycles. The lowest BCUT2D eigenvalue weighted by atomic mass is 10.4. The van der Waals surface area contributed by atoms with Crippen LogP contribution in [-0.2, 0) is 6.54 Å². The fraction of sp³-hybridized carbons (Fsp3) is 0.375. The van der Waals surface area contributed by atoms with Gasteiger partial charge in [0, 0.05) is 24.7 Å². The highest BCUT2D eigenvalue weighted by atomic mass is 79.9. The lowest BCUT2D eigenvalue weighted by Crippen LogP contribution is -2.13. The van der Waals surface area contributed by atoms with Crippen molar-refractivity contribution < 1.29 is 0 Å². The Hall–Kier alpha value is -0.420. The highest BCUT2D eigenvalue weighted by Crippen LogP contribution is 2.06. The first-order chi connectivity index (χ1) is 6.15. The maximum absolute atomic E-state index is 11.2. The molecule has 0 unspecified atom stereocenters. The van der Waals surface area contributed by atoms with Crippen molar-refractivity contribution in [2.45, 2.75) is 6.54 Å². The minimum absolute atomic E-state index is 0.139. The second-order valence-corrected chi connectivity index (χ2v) is 4.46. The van der Waals surface area contributed by atoms with Crippen molar-refractivity contribution in [1.29, 1.82) is 0 Å². The van der Waals surface area contributed by atoms with E-state index in [1.165, 1.54) is 0 Å². The Balaban J connectivity index is 2.93. The van der Waals surface area contributed by atoms with Gasteiger partial charge in [-0.1, -0.05) is 0 Å². The minimum atomic E-state index is -0.139. The van der Waals surface area contributed by atoms with E-state index in [0.29, 0.717) is 4.47 Å². The van der Waals surface area contributed by atoms with Crippen molar-refractivity contribution in [3.8, 4) is 0 Å². The van der Waals surface area contributed by atoms with Crippen LogP contribution in [0.4, 0.5) is 5.69 Å². The second kappa shape index (κ2) is 4.72. The summed E-state index contributed by atoms with van der Waals surface area (Å²) in [6, 6.07) is 0. The molecule has 0 spiro atoms. The van der Waals surface area contributed by atoms with Crippen molar-refractivity contribution in [3.05, 3.63) is 27.1 Å². The van der Waals surface area contributed by atoms with Gasteiger partial charge in [-0.3, -0.25) is 4.79 Å². The van der Waals surface area contributed by atoms with E-state index in [2.05, 4.69) is 15.9 Å². The predicted molar refractivity (Wildman–Crippen MR) is 61.2 cm³/mol. The molecule has 0 fully saturated rings. The first-order valence-electron chi connectivity index (χ1n) is 3.79. The molecule has 0 saturated carbocycles. The smallest absolute Gasteiger partial charge is 0.218 e. The van der Waals surface area contributed by atoms with Crippen LogP contribution in [0.1, 0.15) is 0 Å². The molecule has 2 N–H and O–H groups in total. The standard InChI is InChI=1S/C8H11BrN2OS/c1-13-3-2-11-4-6(9)8(12)7(10)5-11/h4-5H,2-3,10H2,1H3. The Morgan fingerprint density at radius 3 is 2.85 bits per heavy atom. The summed E-state index contributed by atoms with van der Waals surface area (Å²) in [5.74, 6) is 1.01. The van der Waals surface area contributed by atoms with Crippen molar-refractivity contribution in [2.75, 3.05) is 17.7 Å². The van der Waals surface area contributed by atoms with Crippen LogP contribution in [0.3, 0.4) is 0 Å². The third-order valence-electron chi connectivity index (χ3n) is 1.62. The van der Waals surface area contributed by atoms with E-state index >= 15 is 0 Å². The van der Waals surface area contributed by atoms with Gasteiger partial charge in [0.1, 0.15) is 0 Å². The van der Waals surface area contributed by atoms with Gasteiger partial charge < -0.3 is 10.3 Å². The summed E-state index contributed by atoms with van der Waals surface area (Å²) in [4.78, 5) is 11.2. The molecule has 0 atom stereocenters. The second-order valence-electron chi connectivity index (χ2n) is 2.62. The van der Waals surface area contributed by atoms with E-state index < -0.39 is 0 Å². The predicted octanol–water partition coefficient (Wildman–Crippen LogP) is 1.56. The molecule has 1 aromatic rings. The summed E-state index contributed by atoms with van der Waals surface area (Å²) >= 11 is 4.93. The maximum Gasteiger partial charge on any atom is 0.218 e. The quantitative estimate of drug-likeness (QED) is 0.900. The van der Waals surface area contributed by atoms with Gasteiger partial charge in [0.25, 0.3) is 0 Å². The summed E-state index contributed by atoms with van der Waals surface area (Å²) in [7, 11) is 0. The zero-order valence-electron chi connectivity index (χ0n) is 7.29. The van der Waals surface area contributed by atoms with Crippen LogP contribution >= 0.6 is 27.7 Å². The molecule has 0 aliphatic carbocycles. The van der Waals surface area contributed by atoms with Crippen LogP contribution in [0.25, 0.3) is 0 Å². The Morgan fingerprint density at radius 1 is 1.62 bits per heavy atom. The molecular formula is C8H11BrN2OS. The number of hydrogen-bond donors (Lipinski definition) is 1. The van der Waals surface area contributed by atoms with Crippen molar-refractivity contribution in [3.63, 3.8) is 0 Å². The monoisotopic (exact) mass is 262 g/mol. The SMILES string of the molecule is CSCCn1cc(N)c(=O)c(Br)c1. The van der Waals surface area contributed by atoms with Crippen LogP contribution in [-0.4, -0.2) is 16.6 Å². The number of halogens is 1. The topological polar surface area (TPSA) is 48.0 Å². The summed E-state index contributed by atoms with van der Waals surface area (Å²) in [5, 5.41) is 0. The van der Waals surface area contributed by atoms with E-state index in [1.807, 2.05) is 10.8 Å². The van der Waals surface area contributed by atoms with Crippen molar-refractivity contribution in [2.24, 2.45) is 0 Å². The number of thioether (sulfide) groups is 1. The van der Waals surface area contributed by atoms with Gasteiger partial charge in [0.2, 0.25) is 5.43 Å². The number of nitrogens with zero attached hydrogens (tertiary/aromatic N) is 1. The lowest BCUT2D eigenvalue weighted by Gasteiger charge is -2.06. The van der Waals surface area contributed by atoms with Crippen LogP contribution < -0.4 is 11.2 Å². The Kier molecular flexibility index (Phi) is 3.87. The number of pyridine rings is 1. The first-order valence-corrected chi connectivity index (χ1v) is 5.98. The van der Waals surface area contributed by atoms with Crippen LogP contribution in [0.5, 0.6) is 0 Å². The Bertz CT molecular complexity index is 324. The highest BCUT2D eigenvalue weighted by Gasteiger charge is 2.01.